The Bertz CT molecular complexity index is 3100. The normalized spacial score (nSPS) is 12.4. The molecule has 2 nitrogen and oxygen atoms in total. The molecule has 0 fully saturated rings. The minimum absolute atomic E-state index is 0.440. The van der Waals surface area contributed by atoms with Gasteiger partial charge in [0.2, 0.25) is 0 Å². The highest BCUT2D eigenvalue weighted by molar-refractivity contribution is 5.89. The summed E-state index contributed by atoms with van der Waals surface area (Å²) in [6.07, 6.45) is 0. The second-order valence-corrected chi connectivity index (χ2v) is 15.7. The molecule has 0 N–H and O–H groups in total. The van der Waals surface area contributed by atoms with Crippen molar-refractivity contribution < 1.29 is 0 Å². The van der Waals surface area contributed by atoms with Crippen molar-refractivity contribution in [3.8, 4) is 78.4 Å². The summed E-state index contributed by atoms with van der Waals surface area (Å²) in [6, 6.07) is 87.1. The molecule has 1 aliphatic rings. The summed E-state index contributed by atoms with van der Waals surface area (Å²) < 4.78 is 0. The van der Waals surface area contributed by atoms with Gasteiger partial charge in [0.1, 0.15) is 0 Å². The summed E-state index contributed by atoms with van der Waals surface area (Å²) in [7, 11) is 0. The van der Waals surface area contributed by atoms with E-state index < -0.39 is 5.41 Å². The molecule has 0 saturated heterocycles. The van der Waals surface area contributed by atoms with Crippen LogP contribution in [0.5, 0.6) is 0 Å². The smallest absolute Gasteiger partial charge is 0.160 e. The second kappa shape index (κ2) is 15.3. The van der Waals surface area contributed by atoms with E-state index in [1.807, 2.05) is 12.1 Å². The Morgan fingerprint density at radius 2 is 0.639 bits per heavy atom. The highest BCUT2D eigenvalue weighted by atomic mass is 14.9. The molecule has 10 aromatic rings. The first kappa shape index (κ1) is 36.2. The number of benzene rings is 9. The summed E-state index contributed by atoms with van der Waals surface area (Å²) in [4.78, 5) is 10.2. The first-order chi connectivity index (χ1) is 30.2. The van der Waals surface area contributed by atoms with Crippen LogP contribution in [0.2, 0.25) is 0 Å². The molecular weight excluding hydrogens is 737 g/mol. The summed E-state index contributed by atoms with van der Waals surface area (Å²) >= 11 is 0. The van der Waals surface area contributed by atoms with Crippen LogP contribution in [0.4, 0.5) is 0 Å². The number of hydrogen-bond acceptors (Lipinski definition) is 2. The van der Waals surface area contributed by atoms with Gasteiger partial charge in [-0.2, -0.15) is 0 Å². The van der Waals surface area contributed by atoms with Crippen molar-refractivity contribution in [1.82, 2.24) is 9.97 Å². The molecule has 0 atom stereocenters. The zero-order valence-corrected chi connectivity index (χ0v) is 33.5. The summed E-state index contributed by atoms with van der Waals surface area (Å²) in [5.74, 6) is 0.703. The minimum Gasteiger partial charge on any atom is -0.228 e. The molecule has 0 saturated carbocycles. The van der Waals surface area contributed by atoms with Gasteiger partial charge in [0.05, 0.1) is 16.8 Å². The third kappa shape index (κ3) is 6.46. The molecule has 61 heavy (non-hydrogen) atoms. The zero-order valence-electron chi connectivity index (χ0n) is 33.5. The third-order valence-electron chi connectivity index (χ3n) is 12.2. The first-order valence-corrected chi connectivity index (χ1v) is 20.9. The molecule has 0 bridgehead atoms. The Morgan fingerprint density at radius 1 is 0.246 bits per heavy atom. The van der Waals surface area contributed by atoms with Crippen molar-refractivity contribution in [2.24, 2.45) is 0 Å². The molecule has 9 aromatic carbocycles. The van der Waals surface area contributed by atoms with Crippen molar-refractivity contribution in [2.45, 2.75) is 5.41 Å². The Hall–Kier alpha value is -7.94. The van der Waals surface area contributed by atoms with Crippen LogP contribution >= 0.6 is 0 Å². The van der Waals surface area contributed by atoms with Crippen LogP contribution in [0.1, 0.15) is 22.3 Å². The monoisotopic (exact) mass is 776 g/mol. The van der Waals surface area contributed by atoms with Gasteiger partial charge in [0.15, 0.2) is 5.82 Å². The Balaban J connectivity index is 0.955. The lowest BCUT2D eigenvalue weighted by Gasteiger charge is -2.34. The van der Waals surface area contributed by atoms with Crippen LogP contribution < -0.4 is 0 Å². The van der Waals surface area contributed by atoms with Crippen LogP contribution in [0.3, 0.4) is 0 Å². The molecule has 286 valence electrons. The van der Waals surface area contributed by atoms with Crippen LogP contribution in [0.15, 0.2) is 243 Å². The second-order valence-electron chi connectivity index (χ2n) is 15.7. The number of rotatable bonds is 8. The predicted octanol–water partition coefficient (Wildman–Crippen LogP) is 14.8. The largest absolute Gasteiger partial charge is 0.228 e. The average molecular weight is 777 g/mol. The molecule has 2 heteroatoms. The Labute approximate surface area is 357 Å². The van der Waals surface area contributed by atoms with Gasteiger partial charge in [-0.15, -0.1) is 0 Å². The Kier molecular flexibility index (Phi) is 9.09. The van der Waals surface area contributed by atoms with Crippen molar-refractivity contribution in [1.29, 1.82) is 0 Å². The van der Waals surface area contributed by atoms with E-state index in [1.54, 1.807) is 0 Å². The standard InChI is InChI=1S/C59H40N2/c1-5-16-41(17-6-1)42-30-34-46(35-31-42)58-60-56(44-18-7-2-8-19-44)40-57(61-58)45-32-28-43(29-33-45)47-20-15-21-48(38-47)49-36-37-53-52-26-13-14-27-54(52)59(55(53)39-49,50-22-9-3-10-23-50)51-24-11-4-12-25-51/h1-40H. The SMILES string of the molecule is c1ccc(-c2ccc(-c3nc(-c4ccccc4)cc(-c4ccc(-c5cccc(-c6ccc7c(c6)C(c6ccccc6)(c6ccccc6)c6ccccc6-7)c5)cc4)n3)cc2)cc1. The molecule has 0 amide bonds. The van der Waals surface area contributed by atoms with Crippen LogP contribution in [-0.4, -0.2) is 9.97 Å². The molecule has 0 unspecified atom stereocenters. The van der Waals surface area contributed by atoms with Gasteiger partial charge in [0, 0.05) is 16.7 Å². The fourth-order valence-electron chi connectivity index (χ4n) is 9.26. The van der Waals surface area contributed by atoms with E-state index in [0.717, 1.165) is 44.8 Å². The zero-order chi connectivity index (χ0) is 40.6. The summed E-state index contributed by atoms with van der Waals surface area (Å²) in [6.45, 7) is 0. The fourth-order valence-corrected chi connectivity index (χ4v) is 9.26. The number of fused-ring (bicyclic) bond motifs is 3. The maximum absolute atomic E-state index is 5.15. The van der Waals surface area contributed by atoms with Crippen molar-refractivity contribution in [3.05, 3.63) is 265 Å². The fraction of sp³-hybridized carbons (Fsp3) is 0.0169. The summed E-state index contributed by atoms with van der Waals surface area (Å²) in [5, 5.41) is 0. The molecule has 1 aromatic heterocycles. The molecule has 0 radical (unpaired) electrons. The maximum Gasteiger partial charge on any atom is 0.160 e. The van der Waals surface area contributed by atoms with Crippen LogP contribution in [-0.2, 0) is 5.41 Å². The van der Waals surface area contributed by atoms with Gasteiger partial charge in [-0.3, -0.25) is 0 Å². The minimum atomic E-state index is -0.440. The van der Waals surface area contributed by atoms with Crippen LogP contribution in [0.25, 0.3) is 78.4 Å². The van der Waals surface area contributed by atoms with Crippen molar-refractivity contribution in [2.75, 3.05) is 0 Å². The lowest BCUT2D eigenvalue weighted by atomic mass is 9.67. The quantitative estimate of drug-likeness (QED) is 0.154. The number of aromatic nitrogens is 2. The Morgan fingerprint density at radius 3 is 1.26 bits per heavy atom. The highest BCUT2D eigenvalue weighted by Gasteiger charge is 2.46. The molecule has 1 heterocycles. The van der Waals surface area contributed by atoms with E-state index in [1.165, 1.54) is 50.1 Å². The predicted molar refractivity (Wildman–Crippen MR) is 252 cm³/mol. The number of hydrogen-bond donors (Lipinski definition) is 0. The first-order valence-electron chi connectivity index (χ1n) is 20.9. The molecule has 11 rings (SSSR count). The molecule has 0 spiro atoms. The van der Waals surface area contributed by atoms with E-state index in [4.69, 9.17) is 9.97 Å². The van der Waals surface area contributed by atoms with E-state index in [0.29, 0.717) is 5.82 Å². The van der Waals surface area contributed by atoms with Crippen LogP contribution in [0, 0.1) is 0 Å². The van der Waals surface area contributed by atoms with E-state index in [-0.39, 0.29) is 0 Å². The molecular formula is C59H40N2. The van der Waals surface area contributed by atoms with Gasteiger partial charge in [-0.1, -0.05) is 224 Å². The maximum atomic E-state index is 5.15. The van der Waals surface area contributed by atoms with E-state index >= 15 is 0 Å². The molecule has 1 aliphatic carbocycles. The summed E-state index contributed by atoms with van der Waals surface area (Å²) in [5.41, 5.74) is 19.2. The van der Waals surface area contributed by atoms with E-state index in [9.17, 15) is 0 Å². The van der Waals surface area contributed by atoms with Gasteiger partial charge in [0.25, 0.3) is 0 Å². The lowest BCUT2D eigenvalue weighted by Crippen LogP contribution is -2.28. The number of nitrogens with zero attached hydrogens (tertiary/aromatic N) is 2. The lowest BCUT2D eigenvalue weighted by molar-refractivity contribution is 0.769. The average Bonchev–Trinajstić information content (AvgIpc) is 3.65. The van der Waals surface area contributed by atoms with Crippen molar-refractivity contribution in [3.63, 3.8) is 0 Å². The third-order valence-corrected chi connectivity index (χ3v) is 12.2. The topological polar surface area (TPSA) is 25.8 Å². The molecule has 0 aliphatic heterocycles. The van der Waals surface area contributed by atoms with Gasteiger partial charge in [-0.25, -0.2) is 9.97 Å². The van der Waals surface area contributed by atoms with Gasteiger partial charge < -0.3 is 0 Å². The van der Waals surface area contributed by atoms with Crippen molar-refractivity contribution >= 4 is 0 Å². The highest BCUT2D eigenvalue weighted by Crippen LogP contribution is 2.56. The van der Waals surface area contributed by atoms with Gasteiger partial charge >= 0.3 is 0 Å². The van der Waals surface area contributed by atoms with Gasteiger partial charge in [-0.05, 0) is 85.0 Å². The van der Waals surface area contributed by atoms with E-state index in [2.05, 4.69) is 231 Å².